The van der Waals surface area contributed by atoms with Crippen molar-refractivity contribution in [3.63, 3.8) is 0 Å². The first kappa shape index (κ1) is 15.4. The summed E-state index contributed by atoms with van der Waals surface area (Å²) in [7, 11) is 1.57. The summed E-state index contributed by atoms with van der Waals surface area (Å²) in [6.45, 7) is 2.51. The zero-order valence-electron chi connectivity index (χ0n) is 11.9. The van der Waals surface area contributed by atoms with Gasteiger partial charge in [-0.2, -0.15) is 0 Å². The Hall–Kier alpha value is -2.01. The zero-order chi connectivity index (χ0) is 15.2. The number of carbonyl (C=O) groups is 1. The van der Waals surface area contributed by atoms with Crippen LogP contribution in [0.15, 0.2) is 46.9 Å². The van der Waals surface area contributed by atoms with Gasteiger partial charge < -0.3 is 14.8 Å². The number of ether oxygens (including phenoxy) is 2. The minimum atomic E-state index is -0.200. The average molecular weight is 350 g/mol. The van der Waals surface area contributed by atoms with Crippen LogP contribution in [0, 0.1) is 0 Å². The van der Waals surface area contributed by atoms with Crippen LogP contribution in [0.2, 0.25) is 0 Å². The number of nitrogens with one attached hydrogen (secondary N) is 1. The Bertz CT molecular complexity index is 626. The second kappa shape index (κ2) is 7.13. The Balaban J connectivity index is 2.15. The van der Waals surface area contributed by atoms with Gasteiger partial charge in [0, 0.05) is 10.0 Å². The summed E-state index contributed by atoms with van der Waals surface area (Å²) in [5, 5.41) is 2.84. The van der Waals surface area contributed by atoms with Crippen molar-refractivity contribution in [2.45, 2.75) is 6.92 Å². The Labute approximate surface area is 132 Å². The zero-order valence-corrected chi connectivity index (χ0v) is 13.4. The lowest BCUT2D eigenvalue weighted by molar-refractivity contribution is 0.102. The lowest BCUT2D eigenvalue weighted by Gasteiger charge is -2.11. The molecule has 0 aromatic heterocycles. The molecule has 0 aliphatic rings. The normalized spacial score (nSPS) is 10.0. The number of anilines is 1. The maximum atomic E-state index is 12.2. The van der Waals surface area contributed by atoms with E-state index in [1.54, 1.807) is 43.5 Å². The van der Waals surface area contributed by atoms with Crippen LogP contribution in [0.3, 0.4) is 0 Å². The van der Waals surface area contributed by atoms with Crippen molar-refractivity contribution in [2.75, 3.05) is 19.0 Å². The van der Waals surface area contributed by atoms with E-state index >= 15 is 0 Å². The van der Waals surface area contributed by atoms with E-state index < -0.39 is 0 Å². The summed E-state index contributed by atoms with van der Waals surface area (Å²) >= 11 is 3.38. The molecule has 0 radical (unpaired) electrons. The lowest BCUT2D eigenvalue weighted by Crippen LogP contribution is -2.12. The quantitative estimate of drug-likeness (QED) is 0.883. The van der Waals surface area contributed by atoms with Gasteiger partial charge >= 0.3 is 0 Å². The molecular weight excluding hydrogens is 334 g/mol. The summed E-state index contributed by atoms with van der Waals surface area (Å²) in [6.07, 6.45) is 0. The molecule has 1 amide bonds. The molecule has 0 aliphatic carbocycles. The predicted molar refractivity (Wildman–Crippen MR) is 86.3 cm³/mol. The molecule has 1 N–H and O–H groups in total. The van der Waals surface area contributed by atoms with Crippen LogP contribution in [-0.4, -0.2) is 19.6 Å². The number of amides is 1. The highest BCUT2D eigenvalue weighted by Gasteiger charge is 2.10. The second-order valence-electron chi connectivity index (χ2n) is 4.26. The summed E-state index contributed by atoms with van der Waals surface area (Å²) in [5.41, 5.74) is 1.17. The van der Waals surface area contributed by atoms with Crippen molar-refractivity contribution in [1.29, 1.82) is 0 Å². The monoisotopic (exact) mass is 349 g/mol. The maximum Gasteiger partial charge on any atom is 0.255 e. The molecule has 0 spiro atoms. The molecule has 2 aromatic rings. The number of hydrogen-bond acceptors (Lipinski definition) is 3. The van der Waals surface area contributed by atoms with Crippen molar-refractivity contribution in [1.82, 2.24) is 0 Å². The Morgan fingerprint density at radius 1 is 1.19 bits per heavy atom. The topological polar surface area (TPSA) is 47.6 Å². The van der Waals surface area contributed by atoms with E-state index in [9.17, 15) is 4.79 Å². The van der Waals surface area contributed by atoms with E-state index in [0.29, 0.717) is 23.6 Å². The van der Waals surface area contributed by atoms with Gasteiger partial charge in [0.1, 0.15) is 11.5 Å². The van der Waals surface area contributed by atoms with Gasteiger partial charge in [-0.1, -0.05) is 15.9 Å². The smallest absolute Gasteiger partial charge is 0.255 e. The molecule has 21 heavy (non-hydrogen) atoms. The fourth-order valence-electron chi connectivity index (χ4n) is 1.84. The Kier molecular flexibility index (Phi) is 5.22. The third-order valence-electron chi connectivity index (χ3n) is 2.84. The molecule has 0 saturated carbocycles. The molecular formula is C16H16BrNO3. The van der Waals surface area contributed by atoms with Crippen LogP contribution in [0.1, 0.15) is 17.3 Å². The van der Waals surface area contributed by atoms with E-state index in [4.69, 9.17) is 9.47 Å². The fraction of sp³-hybridized carbons (Fsp3) is 0.188. The number of carbonyl (C=O) groups excluding carboxylic acids is 1. The van der Waals surface area contributed by atoms with E-state index in [2.05, 4.69) is 21.2 Å². The van der Waals surface area contributed by atoms with Gasteiger partial charge in [0.2, 0.25) is 0 Å². The minimum absolute atomic E-state index is 0.200. The summed E-state index contributed by atoms with van der Waals surface area (Å²) in [6, 6.07) is 12.4. The van der Waals surface area contributed by atoms with Crippen LogP contribution in [0.5, 0.6) is 11.5 Å². The van der Waals surface area contributed by atoms with Crippen molar-refractivity contribution in [2.24, 2.45) is 0 Å². The highest BCUT2D eigenvalue weighted by molar-refractivity contribution is 9.10. The summed E-state index contributed by atoms with van der Waals surface area (Å²) < 4.78 is 11.5. The van der Waals surface area contributed by atoms with Gasteiger partial charge in [-0.3, -0.25) is 4.79 Å². The second-order valence-corrected chi connectivity index (χ2v) is 5.17. The molecule has 0 unspecified atom stereocenters. The molecule has 0 saturated heterocycles. The van der Waals surface area contributed by atoms with Crippen LogP contribution in [0.25, 0.3) is 0 Å². The Morgan fingerprint density at radius 2 is 1.90 bits per heavy atom. The van der Waals surface area contributed by atoms with Crippen LogP contribution < -0.4 is 14.8 Å². The van der Waals surface area contributed by atoms with Gasteiger partial charge in [-0.25, -0.2) is 0 Å². The van der Waals surface area contributed by atoms with Gasteiger partial charge in [0.15, 0.2) is 0 Å². The first-order valence-corrected chi connectivity index (χ1v) is 7.31. The van der Waals surface area contributed by atoms with Gasteiger partial charge in [0.05, 0.1) is 19.4 Å². The number of methoxy groups -OCH3 is 1. The number of benzene rings is 2. The third kappa shape index (κ3) is 3.98. The minimum Gasteiger partial charge on any atom is -0.495 e. The van der Waals surface area contributed by atoms with Gasteiger partial charge in [0.25, 0.3) is 5.91 Å². The molecule has 0 heterocycles. The SMILES string of the molecule is CCOc1ccc(C(=O)Nc2cc(Br)ccc2OC)cc1. The van der Waals surface area contributed by atoms with Gasteiger partial charge in [-0.05, 0) is 49.4 Å². The van der Waals surface area contributed by atoms with Crippen LogP contribution in [-0.2, 0) is 0 Å². The van der Waals surface area contributed by atoms with Crippen molar-refractivity contribution < 1.29 is 14.3 Å². The molecule has 2 aromatic carbocycles. The molecule has 2 rings (SSSR count). The van der Waals surface area contributed by atoms with Gasteiger partial charge in [-0.15, -0.1) is 0 Å². The molecule has 4 nitrogen and oxygen atoms in total. The van der Waals surface area contributed by atoms with Crippen molar-refractivity contribution in [3.05, 3.63) is 52.5 Å². The molecule has 110 valence electrons. The molecule has 5 heteroatoms. The first-order valence-electron chi connectivity index (χ1n) is 6.51. The largest absolute Gasteiger partial charge is 0.495 e. The van der Waals surface area contributed by atoms with Crippen LogP contribution >= 0.6 is 15.9 Å². The van der Waals surface area contributed by atoms with Crippen molar-refractivity contribution >= 4 is 27.5 Å². The predicted octanol–water partition coefficient (Wildman–Crippen LogP) is 4.11. The number of hydrogen-bond donors (Lipinski definition) is 1. The molecule has 0 fully saturated rings. The van der Waals surface area contributed by atoms with E-state index in [-0.39, 0.29) is 5.91 Å². The molecule has 0 aliphatic heterocycles. The van der Waals surface area contributed by atoms with Crippen LogP contribution in [0.4, 0.5) is 5.69 Å². The third-order valence-corrected chi connectivity index (χ3v) is 3.33. The summed E-state index contributed by atoms with van der Waals surface area (Å²) in [4.78, 5) is 12.2. The molecule has 0 bridgehead atoms. The maximum absolute atomic E-state index is 12.2. The van der Waals surface area contributed by atoms with E-state index in [1.165, 1.54) is 0 Å². The first-order chi connectivity index (χ1) is 10.1. The molecule has 0 atom stereocenters. The number of halogens is 1. The fourth-order valence-corrected chi connectivity index (χ4v) is 2.20. The van der Waals surface area contributed by atoms with E-state index in [0.717, 1.165) is 10.2 Å². The summed E-state index contributed by atoms with van der Waals surface area (Å²) in [5.74, 6) is 1.15. The highest BCUT2D eigenvalue weighted by Crippen LogP contribution is 2.28. The standard InChI is InChI=1S/C16H16BrNO3/c1-3-21-13-7-4-11(5-8-13)16(19)18-14-10-12(17)6-9-15(14)20-2/h4-10H,3H2,1-2H3,(H,18,19). The lowest BCUT2D eigenvalue weighted by atomic mass is 10.2. The van der Waals surface area contributed by atoms with Crippen molar-refractivity contribution in [3.8, 4) is 11.5 Å². The Morgan fingerprint density at radius 3 is 2.52 bits per heavy atom. The van der Waals surface area contributed by atoms with E-state index in [1.807, 2.05) is 13.0 Å². The number of rotatable bonds is 5. The highest BCUT2D eigenvalue weighted by atomic mass is 79.9. The average Bonchev–Trinajstić information content (AvgIpc) is 2.48.